The van der Waals surface area contributed by atoms with Crippen LogP contribution in [0.15, 0.2) is 0 Å². The van der Waals surface area contributed by atoms with E-state index in [1.54, 1.807) is 0 Å². The van der Waals surface area contributed by atoms with Gasteiger partial charge in [-0.15, -0.1) is 0 Å². The number of amides is 2. The van der Waals surface area contributed by atoms with Crippen molar-refractivity contribution in [3.63, 3.8) is 0 Å². The largest absolute Gasteiger partial charge is 0.338 e. The van der Waals surface area contributed by atoms with E-state index < -0.39 is 0 Å². The number of carbonyl (C=O) groups is 1. The molecule has 2 saturated carbocycles. The number of hydrogen-bond acceptors (Lipinski definition) is 2. The molecule has 2 unspecified atom stereocenters. The summed E-state index contributed by atoms with van der Waals surface area (Å²) in [6.07, 6.45) is 6.90. The van der Waals surface area contributed by atoms with Crippen molar-refractivity contribution in [3.8, 4) is 0 Å². The normalized spacial score (nSPS) is 31.0. The number of urea groups is 1. The van der Waals surface area contributed by atoms with E-state index in [4.69, 9.17) is 5.73 Å². The van der Waals surface area contributed by atoms with Crippen LogP contribution >= 0.6 is 0 Å². The van der Waals surface area contributed by atoms with Gasteiger partial charge in [-0.25, -0.2) is 4.79 Å². The van der Waals surface area contributed by atoms with Gasteiger partial charge < -0.3 is 16.4 Å². The molecule has 2 rings (SSSR count). The summed E-state index contributed by atoms with van der Waals surface area (Å²) in [5, 5.41) is 5.86. The van der Waals surface area contributed by atoms with Gasteiger partial charge >= 0.3 is 6.03 Å². The number of rotatable bonds is 3. The maximum atomic E-state index is 11.4. The van der Waals surface area contributed by atoms with Crippen molar-refractivity contribution in [2.24, 2.45) is 11.7 Å². The van der Waals surface area contributed by atoms with Crippen LogP contribution in [0.3, 0.4) is 0 Å². The van der Waals surface area contributed by atoms with Crippen LogP contribution in [0.25, 0.3) is 0 Å². The van der Waals surface area contributed by atoms with Gasteiger partial charge in [0, 0.05) is 18.6 Å². The molecular formula is C11H21N3O. The summed E-state index contributed by atoms with van der Waals surface area (Å²) in [7, 11) is 0. The van der Waals surface area contributed by atoms with Crippen LogP contribution in [0.5, 0.6) is 0 Å². The van der Waals surface area contributed by atoms with Gasteiger partial charge in [-0.2, -0.15) is 0 Å². The fourth-order valence-electron chi connectivity index (χ4n) is 2.22. The fourth-order valence-corrected chi connectivity index (χ4v) is 2.22. The van der Waals surface area contributed by atoms with Crippen molar-refractivity contribution in [2.45, 2.75) is 50.6 Å². The van der Waals surface area contributed by atoms with Crippen LogP contribution in [0.2, 0.25) is 0 Å². The third-order valence-corrected chi connectivity index (χ3v) is 3.29. The Kier molecular flexibility index (Phi) is 3.46. The molecule has 0 heterocycles. The summed E-state index contributed by atoms with van der Waals surface area (Å²) in [6.45, 7) is 0.784. The molecule has 0 aromatic heterocycles. The van der Waals surface area contributed by atoms with Crippen molar-refractivity contribution < 1.29 is 4.79 Å². The minimum absolute atomic E-state index is 0.00311. The average molecular weight is 211 g/mol. The summed E-state index contributed by atoms with van der Waals surface area (Å²) >= 11 is 0. The fraction of sp³-hybridized carbons (Fsp3) is 0.909. The highest BCUT2D eigenvalue weighted by molar-refractivity contribution is 5.74. The Morgan fingerprint density at radius 3 is 2.73 bits per heavy atom. The predicted octanol–water partition coefficient (Wildman–Crippen LogP) is 0.965. The molecule has 2 fully saturated rings. The minimum Gasteiger partial charge on any atom is -0.338 e. The van der Waals surface area contributed by atoms with Crippen molar-refractivity contribution in [2.75, 3.05) is 6.54 Å². The van der Waals surface area contributed by atoms with E-state index in [1.165, 1.54) is 12.8 Å². The highest BCUT2D eigenvalue weighted by Gasteiger charge is 2.24. The Morgan fingerprint density at radius 2 is 2.07 bits per heavy atom. The van der Waals surface area contributed by atoms with Crippen LogP contribution in [-0.4, -0.2) is 24.7 Å². The highest BCUT2D eigenvalue weighted by atomic mass is 16.2. The van der Waals surface area contributed by atoms with Crippen molar-refractivity contribution >= 4 is 6.03 Å². The molecule has 0 aromatic rings. The van der Waals surface area contributed by atoms with Gasteiger partial charge in [0.25, 0.3) is 0 Å². The Bertz CT molecular complexity index is 228. The minimum atomic E-state index is -0.00311. The second-order valence-corrected chi connectivity index (χ2v) is 4.92. The van der Waals surface area contributed by atoms with E-state index >= 15 is 0 Å². The zero-order valence-electron chi connectivity index (χ0n) is 9.17. The summed E-state index contributed by atoms with van der Waals surface area (Å²) in [6, 6.07) is 0.785. The average Bonchev–Trinajstić information content (AvgIpc) is 2.99. The summed E-state index contributed by atoms with van der Waals surface area (Å²) in [5.41, 5.74) is 5.89. The third kappa shape index (κ3) is 3.70. The second kappa shape index (κ2) is 4.84. The van der Waals surface area contributed by atoms with Gasteiger partial charge in [0.1, 0.15) is 0 Å². The molecular weight excluding hydrogens is 190 g/mol. The molecule has 2 atom stereocenters. The maximum absolute atomic E-state index is 11.4. The lowest BCUT2D eigenvalue weighted by Gasteiger charge is -2.26. The maximum Gasteiger partial charge on any atom is 0.315 e. The van der Waals surface area contributed by atoms with E-state index in [-0.39, 0.29) is 6.03 Å². The molecule has 0 spiro atoms. The molecule has 4 N–H and O–H groups in total. The number of nitrogens with two attached hydrogens (primary N) is 1. The molecule has 0 aromatic carbocycles. The lowest BCUT2D eigenvalue weighted by Crippen LogP contribution is -2.41. The standard InChI is InChI=1S/C11H21N3O/c12-9-3-1-2-8(6-9)7-13-11(15)14-10-4-5-10/h8-10H,1-7,12H2,(H2,13,14,15). The SMILES string of the molecule is NC1CCCC(CNC(=O)NC2CC2)C1. The monoisotopic (exact) mass is 211 g/mol. The first kappa shape index (κ1) is 10.7. The first-order chi connectivity index (χ1) is 7.24. The predicted molar refractivity (Wildman–Crippen MR) is 59.5 cm³/mol. The molecule has 0 aliphatic heterocycles. The Labute approximate surface area is 91.0 Å². The molecule has 0 radical (unpaired) electrons. The molecule has 0 bridgehead atoms. The van der Waals surface area contributed by atoms with E-state index in [1.807, 2.05) is 0 Å². The summed E-state index contributed by atoms with van der Waals surface area (Å²) in [5.74, 6) is 0.582. The quantitative estimate of drug-likeness (QED) is 0.651. The zero-order chi connectivity index (χ0) is 10.7. The number of carbonyl (C=O) groups excluding carboxylic acids is 1. The molecule has 86 valence electrons. The van der Waals surface area contributed by atoms with Crippen LogP contribution in [0.4, 0.5) is 4.79 Å². The van der Waals surface area contributed by atoms with E-state index in [0.29, 0.717) is 18.0 Å². The Morgan fingerprint density at radius 1 is 1.27 bits per heavy atom. The Balaban J connectivity index is 1.61. The van der Waals surface area contributed by atoms with Gasteiger partial charge in [0.05, 0.1) is 0 Å². The first-order valence-corrected chi connectivity index (χ1v) is 6.04. The molecule has 4 nitrogen and oxygen atoms in total. The van der Waals surface area contributed by atoms with E-state index in [9.17, 15) is 4.79 Å². The van der Waals surface area contributed by atoms with E-state index in [2.05, 4.69) is 10.6 Å². The molecule has 2 aliphatic carbocycles. The van der Waals surface area contributed by atoms with Crippen LogP contribution in [-0.2, 0) is 0 Å². The third-order valence-electron chi connectivity index (χ3n) is 3.29. The van der Waals surface area contributed by atoms with E-state index in [0.717, 1.165) is 32.2 Å². The van der Waals surface area contributed by atoms with Crippen LogP contribution in [0, 0.1) is 5.92 Å². The van der Waals surface area contributed by atoms with Gasteiger partial charge in [0.2, 0.25) is 0 Å². The number of hydrogen-bond donors (Lipinski definition) is 3. The van der Waals surface area contributed by atoms with Gasteiger partial charge in [-0.3, -0.25) is 0 Å². The Hall–Kier alpha value is -0.770. The smallest absolute Gasteiger partial charge is 0.315 e. The molecule has 4 heteroatoms. The summed E-state index contributed by atoms with van der Waals surface area (Å²) in [4.78, 5) is 11.4. The van der Waals surface area contributed by atoms with Crippen molar-refractivity contribution in [1.82, 2.24) is 10.6 Å². The topological polar surface area (TPSA) is 67.1 Å². The van der Waals surface area contributed by atoms with Gasteiger partial charge in [0.15, 0.2) is 0 Å². The van der Waals surface area contributed by atoms with Crippen LogP contribution in [0.1, 0.15) is 38.5 Å². The van der Waals surface area contributed by atoms with Gasteiger partial charge in [-0.05, 0) is 38.0 Å². The lowest BCUT2D eigenvalue weighted by molar-refractivity contribution is 0.234. The zero-order valence-corrected chi connectivity index (χ0v) is 9.17. The van der Waals surface area contributed by atoms with Crippen LogP contribution < -0.4 is 16.4 Å². The molecule has 0 saturated heterocycles. The molecule has 2 aliphatic rings. The second-order valence-electron chi connectivity index (χ2n) is 4.92. The first-order valence-electron chi connectivity index (χ1n) is 6.04. The van der Waals surface area contributed by atoms with Crippen molar-refractivity contribution in [3.05, 3.63) is 0 Å². The number of nitrogens with one attached hydrogen (secondary N) is 2. The molecule has 2 amide bonds. The summed E-state index contributed by atoms with van der Waals surface area (Å²) < 4.78 is 0. The molecule has 15 heavy (non-hydrogen) atoms. The highest BCUT2D eigenvalue weighted by Crippen LogP contribution is 2.22. The lowest BCUT2D eigenvalue weighted by atomic mass is 9.86. The van der Waals surface area contributed by atoms with Crippen molar-refractivity contribution in [1.29, 1.82) is 0 Å². The van der Waals surface area contributed by atoms with Gasteiger partial charge in [-0.1, -0.05) is 6.42 Å².